The number of unbranched alkanes of at least 4 members (excludes halogenated alkanes) is 5. The van der Waals surface area contributed by atoms with Crippen molar-refractivity contribution >= 4 is 11.7 Å². The average Bonchev–Trinajstić information content (AvgIpc) is 3.08. The first kappa shape index (κ1) is 18.5. The largest absolute Gasteiger partial charge is 0.386 e. The monoisotopic (exact) mass is 329 g/mol. The van der Waals surface area contributed by atoms with Crippen LogP contribution in [0.15, 0.2) is 24.3 Å². The Labute approximate surface area is 145 Å². The first-order chi connectivity index (χ1) is 11.6. The Bertz CT molecular complexity index is 538. The molecule has 1 aromatic carbocycles. The number of carbonyl (C=O) groups excluding carboxylic acids is 1. The van der Waals surface area contributed by atoms with Gasteiger partial charge in [-0.3, -0.25) is 10.2 Å². The lowest BCUT2D eigenvalue weighted by atomic mass is 10.0. The molecular weight excluding hydrogens is 298 g/mol. The summed E-state index contributed by atoms with van der Waals surface area (Å²) in [7, 11) is 0. The van der Waals surface area contributed by atoms with E-state index in [1.807, 2.05) is 12.1 Å². The highest BCUT2D eigenvalue weighted by Crippen LogP contribution is 2.20. The van der Waals surface area contributed by atoms with Crippen molar-refractivity contribution in [2.24, 2.45) is 5.73 Å². The zero-order chi connectivity index (χ0) is 17.4. The first-order valence-corrected chi connectivity index (χ1v) is 9.37. The highest BCUT2D eigenvalue weighted by Gasteiger charge is 2.31. The minimum absolute atomic E-state index is 0.00110. The summed E-state index contributed by atoms with van der Waals surface area (Å²) in [6.07, 6.45) is 10.6. The molecule has 132 valence electrons. The highest BCUT2D eigenvalue weighted by molar-refractivity contribution is 5.98. The number of nitrogens with zero attached hydrogens (tertiary/aromatic N) is 1. The van der Waals surface area contributed by atoms with E-state index in [0.717, 1.165) is 19.3 Å². The fraction of sp³-hybridized carbons (Fsp3) is 0.600. The number of hydrogen-bond donors (Lipinski definition) is 2. The molecule has 0 spiro atoms. The van der Waals surface area contributed by atoms with Crippen molar-refractivity contribution in [1.29, 1.82) is 5.41 Å². The molecule has 24 heavy (non-hydrogen) atoms. The average molecular weight is 329 g/mol. The quantitative estimate of drug-likeness (QED) is 0.406. The van der Waals surface area contributed by atoms with Crippen LogP contribution in [0.4, 0.5) is 0 Å². The topological polar surface area (TPSA) is 70.2 Å². The van der Waals surface area contributed by atoms with Crippen molar-refractivity contribution < 1.29 is 4.79 Å². The Morgan fingerprint density at radius 2 is 1.83 bits per heavy atom. The van der Waals surface area contributed by atoms with E-state index < -0.39 is 0 Å². The van der Waals surface area contributed by atoms with Gasteiger partial charge < -0.3 is 10.6 Å². The third-order valence-corrected chi connectivity index (χ3v) is 4.89. The molecule has 1 saturated heterocycles. The number of nitrogens with two attached hydrogens (primary N) is 1. The zero-order valence-electron chi connectivity index (χ0n) is 14.9. The molecule has 3 N–H and O–H groups in total. The normalized spacial score (nSPS) is 17.2. The third-order valence-electron chi connectivity index (χ3n) is 4.89. The summed E-state index contributed by atoms with van der Waals surface area (Å²) in [6, 6.07) is 7.76. The maximum atomic E-state index is 12.6. The molecule has 1 heterocycles. The van der Waals surface area contributed by atoms with Crippen molar-refractivity contribution in [3.8, 4) is 0 Å². The van der Waals surface area contributed by atoms with Gasteiger partial charge in [-0.15, -0.1) is 0 Å². The van der Waals surface area contributed by atoms with E-state index in [0.29, 0.717) is 12.1 Å². The van der Waals surface area contributed by atoms with E-state index in [9.17, 15) is 4.79 Å². The Morgan fingerprint density at radius 3 is 2.50 bits per heavy atom. The van der Waals surface area contributed by atoms with Crippen LogP contribution < -0.4 is 5.73 Å². The SMILES string of the molecule is CCCCCCCCc1ccc(C(=O)N2CCC[C@H]2C(=N)N)cc1. The van der Waals surface area contributed by atoms with Crippen LogP contribution in [0.25, 0.3) is 0 Å². The number of hydrogen-bond acceptors (Lipinski definition) is 2. The van der Waals surface area contributed by atoms with Crippen molar-refractivity contribution in [2.45, 2.75) is 70.8 Å². The summed E-state index contributed by atoms with van der Waals surface area (Å²) in [5.41, 5.74) is 7.62. The van der Waals surface area contributed by atoms with Crippen molar-refractivity contribution in [2.75, 3.05) is 6.54 Å². The molecule has 1 amide bonds. The summed E-state index contributed by atoms with van der Waals surface area (Å²) in [4.78, 5) is 14.3. The predicted molar refractivity (Wildman–Crippen MR) is 99.5 cm³/mol. The molecule has 0 aromatic heterocycles. The first-order valence-electron chi connectivity index (χ1n) is 9.37. The van der Waals surface area contributed by atoms with E-state index in [1.165, 1.54) is 44.1 Å². The van der Waals surface area contributed by atoms with Gasteiger partial charge >= 0.3 is 0 Å². The van der Waals surface area contributed by atoms with Gasteiger partial charge in [-0.25, -0.2) is 0 Å². The fourth-order valence-corrected chi connectivity index (χ4v) is 3.42. The van der Waals surface area contributed by atoms with Crippen molar-refractivity contribution in [1.82, 2.24) is 4.90 Å². The van der Waals surface area contributed by atoms with Gasteiger partial charge in [-0.2, -0.15) is 0 Å². The van der Waals surface area contributed by atoms with Crippen LogP contribution in [0.3, 0.4) is 0 Å². The van der Waals surface area contributed by atoms with E-state index in [-0.39, 0.29) is 17.8 Å². The van der Waals surface area contributed by atoms with Crippen LogP contribution in [-0.4, -0.2) is 29.2 Å². The summed E-state index contributed by atoms with van der Waals surface area (Å²) >= 11 is 0. The molecule has 1 aromatic rings. The number of amidine groups is 1. The Balaban J connectivity index is 1.83. The Hall–Kier alpha value is -1.84. The maximum absolute atomic E-state index is 12.6. The van der Waals surface area contributed by atoms with Crippen LogP contribution in [0.2, 0.25) is 0 Å². The summed E-state index contributed by atoms with van der Waals surface area (Å²) in [5.74, 6) is 0.0966. The lowest BCUT2D eigenvalue weighted by molar-refractivity contribution is 0.0769. The van der Waals surface area contributed by atoms with E-state index in [1.54, 1.807) is 4.90 Å². The summed E-state index contributed by atoms with van der Waals surface area (Å²) in [6.45, 7) is 2.94. The number of benzene rings is 1. The zero-order valence-corrected chi connectivity index (χ0v) is 14.9. The molecule has 1 aliphatic heterocycles. The standard InChI is InChI=1S/C20H31N3O/c1-2-3-4-5-6-7-9-16-11-13-17(14-12-16)20(24)23-15-8-10-18(23)19(21)22/h11-14,18H,2-10,15H2,1H3,(H3,21,22)/t18-/m0/s1. The van der Waals surface area contributed by atoms with Gasteiger partial charge in [0.25, 0.3) is 5.91 Å². The second-order valence-corrected chi connectivity index (χ2v) is 6.83. The smallest absolute Gasteiger partial charge is 0.254 e. The minimum Gasteiger partial charge on any atom is -0.386 e. The second-order valence-electron chi connectivity index (χ2n) is 6.83. The molecule has 4 nitrogen and oxygen atoms in total. The van der Waals surface area contributed by atoms with Crippen LogP contribution in [0.5, 0.6) is 0 Å². The van der Waals surface area contributed by atoms with Gasteiger partial charge in [0, 0.05) is 12.1 Å². The molecule has 0 radical (unpaired) electrons. The van der Waals surface area contributed by atoms with Crippen LogP contribution in [0, 0.1) is 5.41 Å². The molecule has 0 unspecified atom stereocenters. The van der Waals surface area contributed by atoms with Gasteiger partial charge in [0.15, 0.2) is 0 Å². The molecule has 1 atom stereocenters. The molecule has 0 aliphatic carbocycles. The molecule has 4 heteroatoms. The molecule has 1 fully saturated rings. The van der Waals surface area contributed by atoms with Gasteiger partial charge in [-0.1, -0.05) is 51.2 Å². The van der Waals surface area contributed by atoms with Crippen molar-refractivity contribution in [3.63, 3.8) is 0 Å². The number of nitrogens with one attached hydrogen (secondary N) is 1. The van der Waals surface area contributed by atoms with Gasteiger partial charge in [0.2, 0.25) is 0 Å². The third kappa shape index (κ3) is 5.08. The fourth-order valence-electron chi connectivity index (χ4n) is 3.42. The van der Waals surface area contributed by atoms with Crippen LogP contribution in [0.1, 0.15) is 74.2 Å². The lowest BCUT2D eigenvalue weighted by Crippen LogP contribution is -2.43. The van der Waals surface area contributed by atoms with Crippen molar-refractivity contribution in [3.05, 3.63) is 35.4 Å². The molecular formula is C20H31N3O. The number of rotatable bonds is 9. The maximum Gasteiger partial charge on any atom is 0.254 e. The van der Waals surface area contributed by atoms with Crippen LogP contribution in [-0.2, 0) is 6.42 Å². The number of amides is 1. The minimum atomic E-state index is -0.222. The number of carbonyl (C=O) groups is 1. The number of aryl methyl sites for hydroxylation is 1. The van der Waals surface area contributed by atoms with Gasteiger partial charge in [0.1, 0.15) is 5.84 Å². The van der Waals surface area contributed by atoms with E-state index in [2.05, 4.69) is 19.1 Å². The van der Waals surface area contributed by atoms with Gasteiger partial charge in [-0.05, 0) is 43.4 Å². The van der Waals surface area contributed by atoms with Crippen LogP contribution >= 0.6 is 0 Å². The summed E-state index contributed by atoms with van der Waals surface area (Å²) in [5, 5.41) is 7.63. The lowest BCUT2D eigenvalue weighted by Gasteiger charge is -2.23. The van der Waals surface area contributed by atoms with Gasteiger partial charge in [0.05, 0.1) is 6.04 Å². The highest BCUT2D eigenvalue weighted by atomic mass is 16.2. The predicted octanol–water partition coefficient (Wildman–Crippen LogP) is 4.13. The molecule has 0 bridgehead atoms. The van der Waals surface area contributed by atoms with E-state index >= 15 is 0 Å². The Morgan fingerprint density at radius 1 is 1.17 bits per heavy atom. The summed E-state index contributed by atoms with van der Waals surface area (Å²) < 4.78 is 0. The molecule has 2 rings (SSSR count). The molecule has 1 aliphatic rings. The number of likely N-dealkylation sites (tertiary alicyclic amines) is 1. The molecule has 0 saturated carbocycles. The van der Waals surface area contributed by atoms with E-state index in [4.69, 9.17) is 11.1 Å². The Kier molecular flexibility index (Phi) is 7.29. The second kappa shape index (κ2) is 9.45.